The Kier molecular flexibility index (Phi) is 4.78. The van der Waals surface area contributed by atoms with Crippen LogP contribution in [0.2, 0.25) is 0 Å². The number of carbonyl (C=O) groups excluding carboxylic acids is 1. The summed E-state index contributed by atoms with van der Waals surface area (Å²) < 4.78 is 0. The molecule has 0 spiro atoms. The molecule has 3 unspecified atom stereocenters. The largest absolute Gasteiger partial charge is 0.341 e. The van der Waals surface area contributed by atoms with Gasteiger partial charge in [0, 0.05) is 13.1 Å². The standard InChI is InChI=1S/C13H26N2O/c1-9(2)12(14)13(16)15(4)11-8-6-5-7-10(11)3/h9-12H,5-8,14H2,1-4H3. The molecule has 0 aromatic rings. The SMILES string of the molecule is CC(C)C(N)C(=O)N(C)C1CCCCC1C. The van der Waals surface area contributed by atoms with E-state index < -0.39 is 0 Å². The van der Waals surface area contributed by atoms with E-state index in [1.165, 1.54) is 19.3 Å². The summed E-state index contributed by atoms with van der Waals surface area (Å²) in [7, 11) is 1.91. The van der Waals surface area contributed by atoms with E-state index in [0.717, 1.165) is 6.42 Å². The molecular formula is C13H26N2O. The highest BCUT2D eigenvalue weighted by Crippen LogP contribution is 2.27. The zero-order valence-corrected chi connectivity index (χ0v) is 11.1. The minimum absolute atomic E-state index is 0.105. The summed E-state index contributed by atoms with van der Waals surface area (Å²) in [5.74, 6) is 0.935. The molecule has 3 atom stereocenters. The molecule has 1 fully saturated rings. The number of hydrogen-bond acceptors (Lipinski definition) is 2. The van der Waals surface area contributed by atoms with Crippen molar-refractivity contribution in [1.82, 2.24) is 4.90 Å². The summed E-state index contributed by atoms with van der Waals surface area (Å²) in [5.41, 5.74) is 5.92. The van der Waals surface area contributed by atoms with Crippen molar-refractivity contribution in [3.63, 3.8) is 0 Å². The Morgan fingerprint density at radius 1 is 1.31 bits per heavy atom. The molecule has 3 nitrogen and oxygen atoms in total. The van der Waals surface area contributed by atoms with Crippen molar-refractivity contribution < 1.29 is 4.79 Å². The zero-order valence-electron chi connectivity index (χ0n) is 11.1. The molecular weight excluding hydrogens is 200 g/mol. The number of rotatable bonds is 3. The van der Waals surface area contributed by atoms with Crippen LogP contribution in [0.4, 0.5) is 0 Å². The van der Waals surface area contributed by atoms with Crippen molar-refractivity contribution in [2.75, 3.05) is 7.05 Å². The second-order valence-electron chi connectivity index (χ2n) is 5.55. The predicted molar refractivity (Wildman–Crippen MR) is 67.0 cm³/mol. The minimum Gasteiger partial charge on any atom is -0.341 e. The molecule has 0 bridgehead atoms. The van der Waals surface area contributed by atoms with Crippen molar-refractivity contribution in [2.45, 2.75) is 58.5 Å². The van der Waals surface area contributed by atoms with Gasteiger partial charge < -0.3 is 10.6 Å². The van der Waals surface area contributed by atoms with Gasteiger partial charge in [-0.15, -0.1) is 0 Å². The van der Waals surface area contributed by atoms with Crippen molar-refractivity contribution >= 4 is 5.91 Å². The predicted octanol–water partition coefficient (Wildman–Crippen LogP) is 2.01. The summed E-state index contributed by atoms with van der Waals surface area (Å²) >= 11 is 0. The van der Waals surface area contributed by atoms with Crippen LogP contribution >= 0.6 is 0 Å². The molecule has 2 N–H and O–H groups in total. The van der Waals surface area contributed by atoms with Crippen LogP contribution in [0.25, 0.3) is 0 Å². The molecule has 0 saturated heterocycles. The summed E-state index contributed by atoms with van der Waals surface area (Å²) in [6.45, 7) is 6.25. The maximum Gasteiger partial charge on any atom is 0.239 e. The maximum absolute atomic E-state index is 12.1. The Morgan fingerprint density at radius 3 is 2.38 bits per heavy atom. The number of likely N-dealkylation sites (N-methyl/N-ethyl adjacent to an activating group) is 1. The van der Waals surface area contributed by atoms with Gasteiger partial charge in [-0.3, -0.25) is 4.79 Å². The lowest BCUT2D eigenvalue weighted by Crippen LogP contribution is -2.51. The van der Waals surface area contributed by atoms with E-state index in [-0.39, 0.29) is 17.9 Å². The first-order valence-corrected chi connectivity index (χ1v) is 6.47. The van der Waals surface area contributed by atoms with E-state index in [1.54, 1.807) is 0 Å². The molecule has 0 aromatic carbocycles. The Bertz CT molecular complexity index is 240. The molecule has 0 aliphatic heterocycles. The van der Waals surface area contributed by atoms with Crippen molar-refractivity contribution in [3.8, 4) is 0 Å². The van der Waals surface area contributed by atoms with Gasteiger partial charge in [-0.25, -0.2) is 0 Å². The Morgan fingerprint density at radius 2 is 1.88 bits per heavy atom. The van der Waals surface area contributed by atoms with Crippen LogP contribution < -0.4 is 5.73 Å². The lowest BCUT2D eigenvalue weighted by atomic mass is 9.84. The van der Waals surface area contributed by atoms with Crippen molar-refractivity contribution in [2.24, 2.45) is 17.6 Å². The normalized spacial score (nSPS) is 27.9. The first kappa shape index (κ1) is 13.5. The monoisotopic (exact) mass is 226 g/mol. The number of amides is 1. The highest BCUT2D eigenvalue weighted by molar-refractivity contribution is 5.82. The lowest BCUT2D eigenvalue weighted by Gasteiger charge is -2.37. The van der Waals surface area contributed by atoms with Crippen LogP contribution in [-0.2, 0) is 4.79 Å². The van der Waals surface area contributed by atoms with Gasteiger partial charge in [0.2, 0.25) is 5.91 Å². The fourth-order valence-corrected chi connectivity index (χ4v) is 2.56. The van der Waals surface area contributed by atoms with Gasteiger partial charge in [0.1, 0.15) is 0 Å². The van der Waals surface area contributed by atoms with Crippen LogP contribution in [-0.4, -0.2) is 29.9 Å². The highest BCUT2D eigenvalue weighted by Gasteiger charge is 2.30. The molecule has 1 rings (SSSR count). The van der Waals surface area contributed by atoms with Crippen LogP contribution in [0.15, 0.2) is 0 Å². The number of hydrogen-bond donors (Lipinski definition) is 1. The first-order valence-electron chi connectivity index (χ1n) is 6.47. The Balaban J connectivity index is 2.61. The third-order valence-electron chi connectivity index (χ3n) is 3.91. The molecule has 16 heavy (non-hydrogen) atoms. The van der Waals surface area contributed by atoms with E-state index >= 15 is 0 Å². The van der Waals surface area contributed by atoms with Gasteiger partial charge in [0.15, 0.2) is 0 Å². The van der Waals surface area contributed by atoms with Gasteiger partial charge >= 0.3 is 0 Å². The van der Waals surface area contributed by atoms with E-state index in [4.69, 9.17) is 5.73 Å². The highest BCUT2D eigenvalue weighted by atomic mass is 16.2. The molecule has 0 aromatic heterocycles. The van der Waals surface area contributed by atoms with E-state index in [9.17, 15) is 4.79 Å². The molecule has 1 saturated carbocycles. The number of carbonyl (C=O) groups is 1. The average molecular weight is 226 g/mol. The Labute approximate surface area is 99.4 Å². The van der Waals surface area contributed by atoms with Crippen LogP contribution in [0, 0.1) is 11.8 Å². The molecule has 1 amide bonds. The summed E-state index contributed by atoms with van der Waals surface area (Å²) in [6, 6.07) is 0.0465. The summed E-state index contributed by atoms with van der Waals surface area (Å²) in [6.07, 6.45) is 4.91. The molecule has 94 valence electrons. The average Bonchev–Trinajstić information content (AvgIpc) is 2.26. The van der Waals surface area contributed by atoms with Gasteiger partial charge in [0.25, 0.3) is 0 Å². The van der Waals surface area contributed by atoms with Crippen molar-refractivity contribution in [3.05, 3.63) is 0 Å². The van der Waals surface area contributed by atoms with Gasteiger partial charge in [-0.2, -0.15) is 0 Å². The van der Waals surface area contributed by atoms with Gasteiger partial charge in [-0.05, 0) is 24.7 Å². The van der Waals surface area contributed by atoms with E-state index in [1.807, 2.05) is 25.8 Å². The molecule has 3 heteroatoms. The second kappa shape index (κ2) is 5.67. The number of nitrogens with zero attached hydrogens (tertiary/aromatic N) is 1. The summed E-state index contributed by atoms with van der Waals surface area (Å²) in [5, 5.41) is 0. The summed E-state index contributed by atoms with van der Waals surface area (Å²) in [4.78, 5) is 14.0. The van der Waals surface area contributed by atoms with Crippen molar-refractivity contribution in [1.29, 1.82) is 0 Å². The van der Waals surface area contributed by atoms with Gasteiger partial charge in [-0.1, -0.05) is 33.6 Å². The molecule has 1 aliphatic carbocycles. The quantitative estimate of drug-likeness (QED) is 0.800. The fourth-order valence-electron chi connectivity index (χ4n) is 2.56. The zero-order chi connectivity index (χ0) is 12.3. The first-order chi connectivity index (χ1) is 7.45. The maximum atomic E-state index is 12.1. The topological polar surface area (TPSA) is 46.3 Å². The molecule has 0 radical (unpaired) electrons. The smallest absolute Gasteiger partial charge is 0.239 e. The van der Waals surface area contributed by atoms with Gasteiger partial charge in [0.05, 0.1) is 6.04 Å². The fraction of sp³-hybridized carbons (Fsp3) is 0.923. The molecule has 1 aliphatic rings. The lowest BCUT2D eigenvalue weighted by molar-refractivity contribution is -0.136. The van der Waals surface area contributed by atoms with E-state index in [0.29, 0.717) is 12.0 Å². The second-order valence-corrected chi connectivity index (χ2v) is 5.55. The van der Waals surface area contributed by atoms with Crippen LogP contribution in [0.5, 0.6) is 0 Å². The van der Waals surface area contributed by atoms with E-state index in [2.05, 4.69) is 6.92 Å². The minimum atomic E-state index is -0.348. The van der Waals surface area contributed by atoms with Crippen LogP contribution in [0.3, 0.4) is 0 Å². The third kappa shape index (κ3) is 2.97. The Hall–Kier alpha value is -0.570. The third-order valence-corrected chi connectivity index (χ3v) is 3.91. The van der Waals surface area contributed by atoms with Crippen LogP contribution in [0.1, 0.15) is 46.5 Å². The molecule has 0 heterocycles. The number of nitrogens with two attached hydrogens (primary N) is 1.